The van der Waals surface area contributed by atoms with Gasteiger partial charge in [0.25, 0.3) is 11.1 Å². The summed E-state index contributed by atoms with van der Waals surface area (Å²) in [6.07, 6.45) is 1.33. The molecule has 0 spiro atoms. The molecule has 11 heteroatoms. The summed E-state index contributed by atoms with van der Waals surface area (Å²) < 4.78 is 31.2. The van der Waals surface area contributed by atoms with Crippen LogP contribution in [0.5, 0.6) is 5.75 Å². The summed E-state index contributed by atoms with van der Waals surface area (Å²) in [6.45, 7) is 1.29. The van der Waals surface area contributed by atoms with Crippen LogP contribution < -0.4 is 9.92 Å². The van der Waals surface area contributed by atoms with Crippen LogP contribution in [0, 0.1) is 6.92 Å². The Morgan fingerprint density at radius 2 is 1.87 bits per heavy atom. The Morgan fingerprint density at radius 3 is 2.50 bits per heavy atom. The van der Waals surface area contributed by atoms with Gasteiger partial charge in [-0.2, -0.15) is 8.42 Å². The van der Waals surface area contributed by atoms with Gasteiger partial charge in [0.05, 0.1) is 4.91 Å². The van der Waals surface area contributed by atoms with Gasteiger partial charge in [0, 0.05) is 10.0 Å². The highest BCUT2D eigenvalue weighted by atomic mass is 79.9. The van der Waals surface area contributed by atoms with Crippen molar-refractivity contribution in [2.75, 3.05) is 6.54 Å². The van der Waals surface area contributed by atoms with Crippen LogP contribution in [-0.2, 0) is 19.7 Å². The Kier molecular flexibility index (Phi) is 6.34. The highest BCUT2D eigenvalue weighted by Gasteiger charge is 2.36. The maximum atomic E-state index is 12.6. The Morgan fingerprint density at radius 1 is 1.20 bits per heavy atom. The smallest absolute Gasteiger partial charge is 0.339 e. The molecule has 1 heterocycles. The minimum atomic E-state index is -4.12. The first-order chi connectivity index (χ1) is 14.1. The third-order valence-electron chi connectivity index (χ3n) is 3.96. The normalized spacial score (nSPS) is 15.7. The van der Waals surface area contributed by atoms with Gasteiger partial charge >= 0.3 is 10.1 Å². The summed E-state index contributed by atoms with van der Waals surface area (Å²) in [5, 5.41) is -0.644. The quantitative estimate of drug-likeness (QED) is 0.467. The van der Waals surface area contributed by atoms with Gasteiger partial charge in [-0.15, -0.1) is 0 Å². The monoisotopic (exact) mass is 510 g/mol. The molecule has 1 saturated heterocycles. The Labute approximate surface area is 185 Å². The van der Waals surface area contributed by atoms with Crippen LogP contribution >= 0.6 is 27.7 Å². The molecule has 1 fully saturated rings. The van der Waals surface area contributed by atoms with Gasteiger partial charge in [0.1, 0.15) is 17.2 Å². The number of halogens is 1. The van der Waals surface area contributed by atoms with Crippen molar-refractivity contribution in [2.45, 2.75) is 11.8 Å². The lowest BCUT2D eigenvalue weighted by atomic mass is 10.2. The minimum Gasteiger partial charge on any atom is -0.378 e. The molecule has 0 radical (unpaired) electrons. The number of benzene rings is 2. The highest BCUT2D eigenvalue weighted by molar-refractivity contribution is 9.10. The maximum absolute atomic E-state index is 12.6. The van der Waals surface area contributed by atoms with Gasteiger partial charge in [-0.05, 0) is 55.1 Å². The number of carbonyl (C=O) groups excluding carboxylic acids is 3. The van der Waals surface area contributed by atoms with Crippen molar-refractivity contribution in [1.29, 1.82) is 0 Å². The van der Waals surface area contributed by atoms with Crippen molar-refractivity contribution in [3.63, 3.8) is 0 Å². The zero-order valence-electron chi connectivity index (χ0n) is 15.5. The molecule has 3 amide bonds. The van der Waals surface area contributed by atoms with E-state index in [1.807, 2.05) is 6.92 Å². The minimum absolute atomic E-state index is 0.0110. The second-order valence-electron chi connectivity index (χ2n) is 6.27. The van der Waals surface area contributed by atoms with Crippen LogP contribution in [0.3, 0.4) is 0 Å². The number of thioether (sulfide) groups is 1. The molecular weight excluding hydrogens is 496 g/mol. The summed E-state index contributed by atoms with van der Waals surface area (Å²) in [5.74, 6) is -1.55. The molecule has 0 aliphatic carbocycles. The first kappa shape index (κ1) is 22.1. The fourth-order valence-electron chi connectivity index (χ4n) is 2.51. The van der Waals surface area contributed by atoms with Crippen LogP contribution in [0.2, 0.25) is 0 Å². The Balaban J connectivity index is 1.96. The van der Waals surface area contributed by atoms with E-state index in [1.165, 1.54) is 24.3 Å². The fourth-order valence-corrected chi connectivity index (χ4v) is 4.67. The predicted octanol–water partition coefficient (Wildman–Crippen LogP) is 3.05. The number of aryl methyl sites for hydroxylation is 1. The molecule has 0 unspecified atom stereocenters. The van der Waals surface area contributed by atoms with Crippen LogP contribution in [0.15, 0.2) is 56.7 Å². The molecule has 3 rings (SSSR count). The van der Waals surface area contributed by atoms with E-state index >= 15 is 0 Å². The summed E-state index contributed by atoms with van der Waals surface area (Å²) >= 11 is 3.90. The molecule has 1 aliphatic rings. The summed E-state index contributed by atoms with van der Waals surface area (Å²) in [5.41, 5.74) is 6.21. The molecule has 0 aromatic heterocycles. The molecular formula is C19H15BrN2O6S2. The van der Waals surface area contributed by atoms with Crippen molar-refractivity contribution in [2.24, 2.45) is 5.73 Å². The third kappa shape index (κ3) is 4.91. The molecule has 0 bridgehead atoms. The molecule has 156 valence electrons. The van der Waals surface area contributed by atoms with Crippen LogP contribution in [-0.4, -0.2) is 36.9 Å². The third-order valence-corrected chi connectivity index (χ3v) is 6.60. The van der Waals surface area contributed by atoms with Crippen molar-refractivity contribution in [3.8, 4) is 5.75 Å². The van der Waals surface area contributed by atoms with E-state index in [0.29, 0.717) is 16.2 Å². The fraction of sp³-hybridized carbons (Fsp3) is 0.105. The lowest BCUT2D eigenvalue weighted by Crippen LogP contribution is -2.36. The van der Waals surface area contributed by atoms with Gasteiger partial charge in [0.2, 0.25) is 5.91 Å². The van der Waals surface area contributed by atoms with Gasteiger partial charge in [-0.25, -0.2) is 0 Å². The molecule has 2 N–H and O–H groups in total. The van der Waals surface area contributed by atoms with E-state index in [4.69, 9.17) is 9.92 Å². The first-order valence-electron chi connectivity index (χ1n) is 8.41. The Hall–Kier alpha value is -2.63. The molecule has 30 heavy (non-hydrogen) atoms. The Bertz CT molecular complexity index is 1180. The second-order valence-corrected chi connectivity index (χ2v) is 9.72. The average molecular weight is 511 g/mol. The van der Waals surface area contributed by atoms with Gasteiger partial charge in [0.15, 0.2) is 0 Å². The largest absolute Gasteiger partial charge is 0.378 e. The number of primary amides is 1. The van der Waals surface area contributed by atoms with Crippen molar-refractivity contribution < 1.29 is 27.0 Å². The van der Waals surface area contributed by atoms with Crippen LogP contribution in [0.1, 0.15) is 11.1 Å². The van der Waals surface area contributed by atoms with E-state index in [-0.39, 0.29) is 21.1 Å². The van der Waals surface area contributed by atoms with Gasteiger partial charge in [-0.3, -0.25) is 19.3 Å². The molecule has 2 aromatic carbocycles. The molecule has 2 aromatic rings. The van der Waals surface area contributed by atoms with E-state index < -0.39 is 33.7 Å². The van der Waals surface area contributed by atoms with Crippen LogP contribution in [0.4, 0.5) is 4.79 Å². The zero-order chi connectivity index (χ0) is 22.1. The van der Waals surface area contributed by atoms with Crippen molar-refractivity contribution >= 4 is 60.9 Å². The number of hydrogen-bond acceptors (Lipinski definition) is 7. The number of carbonyl (C=O) groups is 3. The van der Waals surface area contributed by atoms with E-state index in [2.05, 4.69) is 15.9 Å². The number of rotatable bonds is 6. The maximum Gasteiger partial charge on any atom is 0.339 e. The SMILES string of the molecule is Cc1ccc(S(=O)(=O)Oc2ccc(Br)cc2/C=C2\SC(=O)N(CC(N)=O)C2=O)cc1. The standard InChI is InChI=1S/C19H15BrN2O6S2/c1-11-2-5-14(6-3-11)30(26,27)28-15-7-4-13(20)8-12(15)9-16-18(24)22(10-17(21)23)19(25)29-16/h2-9H,10H2,1H3,(H2,21,23)/b16-9-. The topological polar surface area (TPSA) is 124 Å². The lowest BCUT2D eigenvalue weighted by Gasteiger charge is -2.11. The lowest BCUT2D eigenvalue weighted by molar-refractivity contribution is -0.127. The summed E-state index contributed by atoms with van der Waals surface area (Å²) in [6, 6.07) is 10.7. The van der Waals surface area contributed by atoms with E-state index in [9.17, 15) is 22.8 Å². The molecule has 0 saturated carbocycles. The van der Waals surface area contributed by atoms with Gasteiger partial charge in [-0.1, -0.05) is 33.6 Å². The number of nitrogens with zero attached hydrogens (tertiary/aromatic N) is 1. The average Bonchev–Trinajstić information content (AvgIpc) is 2.91. The van der Waals surface area contributed by atoms with E-state index in [0.717, 1.165) is 10.5 Å². The predicted molar refractivity (Wildman–Crippen MR) is 115 cm³/mol. The van der Waals surface area contributed by atoms with Crippen LogP contribution in [0.25, 0.3) is 6.08 Å². The first-order valence-corrected chi connectivity index (χ1v) is 11.4. The van der Waals surface area contributed by atoms with Crippen molar-refractivity contribution in [3.05, 3.63) is 63.0 Å². The summed E-state index contributed by atoms with van der Waals surface area (Å²) in [4.78, 5) is 36.2. The number of nitrogens with two attached hydrogens (primary N) is 1. The highest BCUT2D eigenvalue weighted by Crippen LogP contribution is 2.35. The molecule has 1 aliphatic heterocycles. The van der Waals surface area contributed by atoms with E-state index in [1.54, 1.807) is 24.3 Å². The number of amides is 3. The summed E-state index contributed by atoms with van der Waals surface area (Å²) in [7, 11) is -4.12. The molecule has 8 nitrogen and oxygen atoms in total. The number of hydrogen-bond donors (Lipinski definition) is 1. The number of imide groups is 1. The molecule has 0 atom stereocenters. The van der Waals surface area contributed by atoms with Gasteiger partial charge < -0.3 is 9.92 Å². The van der Waals surface area contributed by atoms with Crippen molar-refractivity contribution in [1.82, 2.24) is 4.90 Å². The zero-order valence-corrected chi connectivity index (χ0v) is 18.7. The second kappa shape index (κ2) is 8.62.